The smallest absolute Gasteiger partial charge is 0.0400 e. The van der Waals surface area contributed by atoms with Gasteiger partial charge in [-0.2, -0.15) is 0 Å². The molecule has 2 bridgehead atoms. The molecular weight excluding hydrogens is 412 g/mol. The van der Waals surface area contributed by atoms with E-state index in [9.17, 15) is 0 Å². The van der Waals surface area contributed by atoms with Crippen LogP contribution in [0.3, 0.4) is 0 Å². The molecule has 0 saturated carbocycles. The minimum absolute atomic E-state index is 0.389. The van der Waals surface area contributed by atoms with Crippen LogP contribution in [0.25, 0.3) is 11.1 Å². The number of alkyl halides is 2. The Kier molecular flexibility index (Phi) is 4.29. The van der Waals surface area contributed by atoms with Crippen molar-refractivity contribution in [3.8, 4) is 0 Å². The number of halogens is 2. The van der Waals surface area contributed by atoms with Crippen molar-refractivity contribution in [2.24, 2.45) is 11.8 Å². The maximum atomic E-state index is 3.94. The Bertz CT molecular complexity index is 680. The molecule has 2 heteroatoms. The van der Waals surface area contributed by atoms with E-state index in [-0.39, 0.29) is 0 Å². The van der Waals surface area contributed by atoms with Crippen molar-refractivity contribution in [3.63, 3.8) is 0 Å². The van der Waals surface area contributed by atoms with Gasteiger partial charge in [0.05, 0.1) is 0 Å². The van der Waals surface area contributed by atoms with Crippen LogP contribution in [-0.4, -0.2) is 9.65 Å². The Hall–Kier alpha value is -1.12. The summed E-state index contributed by atoms with van der Waals surface area (Å²) in [5.74, 6) is 1.09. The van der Waals surface area contributed by atoms with E-state index in [0.717, 1.165) is 0 Å². The number of hydrogen-bond donors (Lipinski definition) is 0. The highest BCUT2D eigenvalue weighted by atomic mass is 79.9. The first-order chi connectivity index (χ1) is 11.2. The minimum Gasteiger partial charge on any atom is -0.0838 e. The van der Waals surface area contributed by atoms with Crippen LogP contribution in [0.5, 0.6) is 0 Å². The fourth-order valence-electron chi connectivity index (χ4n) is 3.83. The quantitative estimate of drug-likeness (QED) is 0.489. The summed E-state index contributed by atoms with van der Waals surface area (Å²) in [7, 11) is 0. The summed E-state index contributed by atoms with van der Waals surface area (Å²) < 4.78 is 0. The monoisotopic (exact) mass is 428 g/mol. The average molecular weight is 430 g/mol. The van der Waals surface area contributed by atoms with E-state index in [2.05, 4.69) is 105 Å². The molecule has 23 heavy (non-hydrogen) atoms. The van der Waals surface area contributed by atoms with Gasteiger partial charge in [0.2, 0.25) is 0 Å². The predicted octanol–water partition coefficient (Wildman–Crippen LogP) is 6.33. The van der Waals surface area contributed by atoms with Gasteiger partial charge < -0.3 is 0 Å². The van der Waals surface area contributed by atoms with Gasteiger partial charge in [-0.25, -0.2) is 0 Å². The van der Waals surface area contributed by atoms with Crippen LogP contribution in [-0.2, 0) is 0 Å². The SMILES string of the molecule is BrC1C=C(c2ccccc2)C2CC1C(c1ccccc1)=CC2Br. The first-order valence-electron chi connectivity index (χ1n) is 8.06. The molecule has 0 radical (unpaired) electrons. The molecule has 0 saturated heterocycles. The summed E-state index contributed by atoms with van der Waals surface area (Å²) in [6.07, 6.45) is 6.05. The van der Waals surface area contributed by atoms with Gasteiger partial charge in [0.1, 0.15) is 0 Å². The van der Waals surface area contributed by atoms with Crippen LogP contribution in [0.4, 0.5) is 0 Å². The third kappa shape index (κ3) is 2.88. The number of hydrogen-bond acceptors (Lipinski definition) is 0. The third-order valence-corrected chi connectivity index (χ3v) is 6.77. The van der Waals surface area contributed by atoms with E-state index in [0.29, 0.717) is 21.5 Å². The van der Waals surface area contributed by atoms with Crippen LogP contribution < -0.4 is 0 Å². The second-order valence-corrected chi connectivity index (χ2v) is 8.43. The summed E-state index contributed by atoms with van der Waals surface area (Å²) in [6, 6.07) is 21.6. The van der Waals surface area contributed by atoms with Gasteiger partial charge in [-0.3, -0.25) is 0 Å². The van der Waals surface area contributed by atoms with E-state index < -0.39 is 0 Å². The molecule has 0 fully saturated rings. The number of rotatable bonds is 2. The Morgan fingerprint density at radius 3 is 1.39 bits per heavy atom. The zero-order valence-electron chi connectivity index (χ0n) is 12.7. The molecular formula is C21H18Br2. The van der Waals surface area contributed by atoms with Gasteiger partial charge >= 0.3 is 0 Å². The van der Waals surface area contributed by atoms with E-state index >= 15 is 0 Å². The van der Waals surface area contributed by atoms with Gasteiger partial charge in [-0.15, -0.1) is 0 Å². The molecule has 116 valence electrons. The molecule has 0 amide bonds. The van der Waals surface area contributed by atoms with E-state index in [1.165, 1.54) is 28.7 Å². The van der Waals surface area contributed by atoms with Crippen molar-refractivity contribution in [1.29, 1.82) is 0 Å². The van der Waals surface area contributed by atoms with Crippen LogP contribution in [0.2, 0.25) is 0 Å². The van der Waals surface area contributed by atoms with Crippen LogP contribution >= 0.6 is 31.9 Å². The Labute approximate surface area is 154 Å². The van der Waals surface area contributed by atoms with Gasteiger partial charge in [0.25, 0.3) is 0 Å². The summed E-state index contributed by atoms with van der Waals surface area (Å²) in [6.45, 7) is 0. The summed E-state index contributed by atoms with van der Waals surface area (Å²) in [4.78, 5) is 0.779. The van der Waals surface area contributed by atoms with Crippen LogP contribution in [0.1, 0.15) is 17.5 Å². The zero-order chi connectivity index (χ0) is 15.8. The lowest BCUT2D eigenvalue weighted by Gasteiger charge is -2.41. The number of allylic oxidation sites excluding steroid dienone is 4. The molecule has 4 rings (SSSR count). The molecule has 0 spiro atoms. The van der Waals surface area contributed by atoms with E-state index in [1.54, 1.807) is 0 Å². The van der Waals surface area contributed by atoms with Gasteiger partial charge in [-0.1, -0.05) is 105 Å². The van der Waals surface area contributed by atoms with Gasteiger partial charge in [0, 0.05) is 21.5 Å². The lowest BCUT2D eigenvalue weighted by atomic mass is 9.69. The first kappa shape index (κ1) is 15.4. The summed E-state index contributed by atoms with van der Waals surface area (Å²) in [5, 5.41) is 0. The molecule has 2 aliphatic rings. The Balaban J connectivity index is 1.74. The summed E-state index contributed by atoms with van der Waals surface area (Å²) >= 11 is 7.88. The molecule has 2 aromatic rings. The van der Waals surface area contributed by atoms with Crippen molar-refractivity contribution in [2.45, 2.75) is 16.1 Å². The third-order valence-electron chi connectivity index (χ3n) is 4.97. The normalized spacial score (nSPS) is 29.7. The maximum Gasteiger partial charge on any atom is 0.0400 e. The molecule has 0 aliphatic heterocycles. The van der Waals surface area contributed by atoms with E-state index in [4.69, 9.17) is 0 Å². The van der Waals surface area contributed by atoms with Crippen molar-refractivity contribution in [2.75, 3.05) is 0 Å². The zero-order valence-corrected chi connectivity index (χ0v) is 15.9. The topological polar surface area (TPSA) is 0 Å². The molecule has 2 aliphatic carbocycles. The average Bonchev–Trinajstić information content (AvgIpc) is 2.61. The van der Waals surface area contributed by atoms with Crippen LogP contribution in [0, 0.1) is 11.8 Å². The fourth-order valence-corrected chi connectivity index (χ4v) is 5.41. The Morgan fingerprint density at radius 2 is 1.00 bits per heavy atom. The summed E-state index contributed by atoms with van der Waals surface area (Å²) in [5.41, 5.74) is 5.63. The second kappa shape index (κ2) is 6.41. The highest BCUT2D eigenvalue weighted by molar-refractivity contribution is 9.10. The second-order valence-electron chi connectivity index (χ2n) is 6.31. The van der Waals surface area contributed by atoms with Crippen molar-refractivity contribution in [3.05, 3.63) is 83.9 Å². The highest BCUT2D eigenvalue weighted by Crippen LogP contribution is 2.50. The lowest BCUT2D eigenvalue weighted by molar-refractivity contribution is 0.489. The fraction of sp³-hybridized carbons (Fsp3) is 0.238. The lowest BCUT2D eigenvalue weighted by Crippen LogP contribution is -2.33. The molecule has 0 heterocycles. The minimum atomic E-state index is 0.389. The van der Waals surface area contributed by atoms with Crippen LogP contribution in [0.15, 0.2) is 72.8 Å². The van der Waals surface area contributed by atoms with Gasteiger partial charge in [-0.05, 0) is 28.7 Å². The first-order valence-corrected chi connectivity index (χ1v) is 9.89. The molecule has 0 N–H and O–H groups in total. The molecule has 0 aromatic heterocycles. The molecule has 0 nitrogen and oxygen atoms in total. The predicted molar refractivity (Wildman–Crippen MR) is 106 cm³/mol. The van der Waals surface area contributed by atoms with E-state index in [1.807, 2.05) is 0 Å². The standard InChI is InChI=1S/C21H18Br2/c22-20-12-16(14-7-3-1-4-8-14)18-11-19(20)17(13-21(18)23)15-9-5-2-6-10-15/h1-10,12-13,18-21H,11H2. The molecule has 4 atom stereocenters. The van der Waals surface area contributed by atoms with Gasteiger partial charge in [0.15, 0.2) is 0 Å². The largest absolute Gasteiger partial charge is 0.0838 e. The molecule has 4 unspecified atom stereocenters. The van der Waals surface area contributed by atoms with Crippen molar-refractivity contribution >= 4 is 43.0 Å². The van der Waals surface area contributed by atoms with Crippen molar-refractivity contribution < 1.29 is 0 Å². The number of benzene rings is 2. The van der Waals surface area contributed by atoms with Crippen molar-refractivity contribution in [1.82, 2.24) is 0 Å². The maximum absolute atomic E-state index is 3.94. The highest BCUT2D eigenvalue weighted by Gasteiger charge is 2.39. The molecule has 2 aromatic carbocycles. The number of fused-ring (bicyclic) bond motifs is 2. The Morgan fingerprint density at radius 1 is 0.609 bits per heavy atom.